The van der Waals surface area contributed by atoms with Gasteiger partial charge in [-0.2, -0.15) is 0 Å². The van der Waals surface area contributed by atoms with E-state index < -0.39 is 0 Å². The second kappa shape index (κ2) is 12.2. The SMILES string of the molecule is CCC(CC)(Pc1c(C)cccc1/C=N/c1ccccc1)c1cccc(C)c1OCc1ccccc1. The van der Waals surface area contributed by atoms with Gasteiger partial charge in [-0.1, -0.05) is 107 Å². The van der Waals surface area contributed by atoms with Crippen LogP contribution in [0.2, 0.25) is 0 Å². The number of rotatable bonds is 10. The fraction of sp³-hybridized carbons (Fsp3) is 0.242. The zero-order valence-electron chi connectivity index (χ0n) is 21.8. The molecule has 0 radical (unpaired) electrons. The molecule has 2 nitrogen and oxygen atoms in total. The molecule has 0 N–H and O–H groups in total. The van der Waals surface area contributed by atoms with Gasteiger partial charge in [0, 0.05) is 22.5 Å². The summed E-state index contributed by atoms with van der Waals surface area (Å²) in [6, 6.07) is 33.8. The smallest absolute Gasteiger partial charge is 0.126 e. The van der Waals surface area contributed by atoms with Gasteiger partial charge in [0.2, 0.25) is 0 Å². The predicted molar refractivity (Wildman–Crippen MR) is 157 cm³/mol. The molecule has 0 spiro atoms. The van der Waals surface area contributed by atoms with Gasteiger partial charge in [-0.05, 0) is 60.8 Å². The molecule has 0 saturated heterocycles. The van der Waals surface area contributed by atoms with E-state index in [4.69, 9.17) is 9.73 Å². The Bertz CT molecular complexity index is 1290. The summed E-state index contributed by atoms with van der Waals surface area (Å²) in [5.41, 5.74) is 7.18. The van der Waals surface area contributed by atoms with Crippen molar-refractivity contribution in [3.63, 3.8) is 0 Å². The number of para-hydroxylation sites is 2. The van der Waals surface area contributed by atoms with Crippen LogP contribution in [-0.4, -0.2) is 6.21 Å². The van der Waals surface area contributed by atoms with E-state index in [0.717, 1.165) is 24.3 Å². The molecule has 0 aliphatic rings. The molecule has 0 aromatic heterocycles. The summed E-state index contributed by atoms with van der Waals surface area (Å²) in [5.74, 6) is 1.03. The maximum Gasteiger partial charge on any atom is 0.126 e. The molecule has 4 aromatic rings. The molecule has 0 fully saturated rings. The average molecular weight is 494 g/mol. The van der Waals surface area contributed by atoms with Gasteiger partial charge in [0.25, 0.3) is 0 Å². The van der Waals surface area contributed by atoms with Crippen molar-refractivity contribution in [1.29, 1.82) is 0 Å². The highest BCUT2D eigenvalue weighted by Gasteiger charge is 2.33. The van der Waals surface area contributed by atoms with Crippen LogP contribution in [0.3, 0.4) is 0 Å². The first-order valence-electron chi connectivity index (χ1n) is 12.8. The van der Waals surface area contributed by atoms with Crippen LogP contribution in [0.4, 0.5) is 5.69 Å². The third-order valence-electron chi connectivity index (χ3n) is 6.94. The zero-order valence-corrected chi connectivity index (χ0v) is 22.8. The molecule has 184 valence electrons. The standard InChI is InChI=1S/C33H36NOP/c1-5-33(6-2,30-22-14-15-25(3)31(30)35-24-27-17-9-7-10-18-27)36-32-26(4)16-13-19-28(32)23-34-29-20-11-8-12-21-29/h7-23,36H,5-6,24H2,1-4H3/b34-23+. The van der Waals surface area contributed by atoms with Gasteiger partial charge in [0.1, 0.15) is 12.4 Å². The van der Waals surface area contributed by atoms with Crippen molar-refractivity contribution in [3.05, 3.63) is 125 Å². The van der Waals surface area contributed by atoms with Crippen LogP contribution in [0.15, 0.2) is 102 Å². The van der Waals surface area contributed by atoms with E-state index in [1.165, 1.54) is 33.1 Å². The van der Waals surface area contributed by atoms with Crippen molar-refractivity contribution in [1.82, 2.24) is 0 Å². The first-order valence-corrected chi connectivity index (χ1v) is 13.8. The Morgan fingerprint density at radius 3 is 2.08 bits per heavy atom. The lowest BCUT2D eigenvalue weighted by Crippen LogP contribution is -2.25. The van der Waals surface area contributed by atoms with E-state index in [2.05, 4.69) is 88.4 Å². The fourth-order valence-corrected chi connectivity index (χ4v) is 6.43. The van der Waals surface area contributed by atoms with Gasteiger partial charge < -0.3 is 4.74 Å². The first kappa shape index (κ1) is 25.9. The Morgan fingerprint density at radius 2 is 1.39 bits per heavy atom. The summed E-state index contributed by atoms with van der Waals surface area (Å²) in [5, 5.41) is 1.37. The minimum atomic E-state index is -0.0144. The van der Waals surface area contributed by atoms with E-state index >= 15 is 0 Å². The monoisotopic (exact) mass is 493 g/mol. The molecule has 0 heterocycles. The minimum Gasteiger partial charge on any atom is -0.488 e. The predicted octanol–water partition coefficient (Wildman–Crippen LogP) is 8.65. The Kier molecular flexibility index (Phi) is 8.73. The van der Waals surface area contributed by atoms with Gasteiger partial charge in [-0.15, -0.1) is 0 Å². The van der Waals surface area contributed by atoms with Crippen LogP contribution in [0.25, 0.3) is 0 Å². The molecule has 36 heavy (non-hydrogen) atoms. The second-order valence-corrected chi connectivity index (χ2v) is 11.0. The second-order valence-electron chi connectivity index (χ2n) is 9.27. The lowest BCUT2D eigenvalue weighted by atomic mass is 9.90. The topological polar surface area (TPSA) is 21.6 Å². The van der Waals surface area contributed by atoms with Crippen LogP contribution in [-0.2, 0) is 11.8 Å². The van der Waals surface area contributed by atoms with Crippen LogP contribution >= 0.6 is 8.58 Å². The third kappa shape index (κ3) is 5.94. The van der Waals surface area contributed by atoms with Crippen molar-refractivity contribution >= 4 is 25.8 Å². The van der Waals surface area contributed by atoms with Gasteiger partial charge in [0.05, 0.1) is 5.69 Å². The van der Waals surface area contributed by atoms with Gasteiger partial charge >= 0.3 is 0 Å². The normalized spacial score (nSPS) is 12.0. The van der Waals surface area contributed by atoms with E-state index in [1.54, 1.807) is 0 Å². The Hall–Kier alpha value is -3.22. The highest BCUT2D eigenvalue weighted by molar-refractivity contribution is 7.49. The van der Waals surface area contributed by atoms with Gasteiger partial charge in [0.15, 0.2) is 0 Å². The highest BCUT2D eigenvalue weighted by Crippen LogP contribution is 2.51. The number of hydrogen-bond acceptors (Lipinski definition) is 2. The molecule has 1 unspecified atom stereocenters. The van der Waals surface area contributed by atoms with E-state index in [9.17, 15) is 0 Å². The lowest BCUT2D eigenvalue weighted by molar-refractivity contribution is 0.296. The Labute approximate surface area is 218 Å². The third-order valence-corrected chi connectivity index (χ3v) is 9.33. The summed E-state index contributed by atoms with van der Waals surface area (Å²) in [4.78, 5) is 4.78. The van der Waals surface area contributed by atoms with Crippen molar-refractivity contribution in [2.75, 3.05) is 0 Å². The van der Waals surface area contributed by atoms with Crippen molar-refractivity contribution in [3.8, 4) is 5.75 Å². The summed E-state index contributed by atoms with van der Waals surface area (Å²) in [6.45, 7) is 9.59. The molecule has 4 aromatic carbocycles. The molecule has 0 aliphatic carbocycles. The lowest BCUT2D eigenvalue weighted by Gasteiger charge is -2.35. The largest absolute Gasteiger partial charge is 0.488 e. The van der Waals surface area contributed by atoms with Gasteiger partial charge in [-0.25, -0.2) is 0 Å². The maximum atomic E-state index is 6.55. The zero-order chi connectivity index (χ0) is 25.4. The number of nitrogens with zero attached hydrogens (tertiary/aromatic N) is 1. The minimum absolute atomic E-state index is 0.0144. The number of benzene rings is 4. The number of aliphatic imine (C=N–C) groups is 1. The van der Waals surface area contributed by atoms with Crippen molar-refractivity contribution in [2.24, 2.45) is 4.99 Å². The molecule has 0 saturated carbocycles. The Balaban J connectivity index is 1.72. The number of aryl methyl sites for hydroxylation is 2. The van der Waals surface area contributed by atoms with Crippen LogP contribution in [0, 0.1) is 13.8 Å². The number of ether oxygens (including phenoxy) is 1. The van der Waals surface area contributed by atoms with E-state index in [0.29, 0.717) is 15.2 Å². The summed E-state index contributed by atoms with van der Waals surface area (Å²) >= 11 is 0. The van der Waals surface area contributed by atoms with Gasteiger partial charge in [-0.3, -0.25) is 4.99 Å². The molecule has 0 aliphatic heterocycles. The summed E-state index contributed by atoms with van der Waals surface area (Å²) < 4.78 is 6.55. The molecule has 3 heteroatoms. The molecule has 4 rings (SSSR count). The molecule has 1 atom stereocenters. The number of hydrogen-bond donors (Lipinski definition) is 0. The summed E-state index contributed by atoms with van der Waals surface area (Å²) in [7, 11) is 0.601. The van der Waals surface area contributed by atoms with Crippen LogP contribution in [0.5, 0.6) is 5.75 Å². The fourth-order valence-electron chi connectivity index (χ4n) is 4.69. The van der Waals surface area contributed by atoms with Crippen LogP contribution < -0.4 is 10.0 Å². The van der Waals surface area contributed by atoms with E-state index in [1.807, 2.05) is 42.6 Å². The molecular formula is C33H36NOP. The average Bonchev–Trinajstić information content (AvgIpc) is 2.92. The quantitative estimate of drug-likeness (QED) is 0.160. The highest BCUT2D eigenvalue weighted by atomic mass is 31.1. The molecule has 0 amide bonds. The Morgan fingerprint density at radius 1 is 0.750 bits per heavy atom. The van der Waals surface area contributed by atoms with Crippen molar-refractivity contribution in [2.45, 2.75) is 52.3 Å². The molecule has 0 bridgehead atoms. The maximum absolute atomic E-state index is 6.55. The summed E-state index contributed by atoms with van der Waals surface area (Å²) in [6.07, 6.45) is 4.11. The van der Waals surface area contributed by atoms with Crippen molar-refractivity contribution < 1.29 is 4.74 Å². The van der Waals surface area contributed by atoms with E-state index in [-0.39, 0.29) is 5.16 Å². The van der Waals surface area contributed by atoms with Crippen LogP contribution in [0.1, 0.15) is 54.5 Å². The first-order chi connectivity index (χ1) is 17.6. The molecular weight excluding hydrogens is 457 g/mol.